The maximum atomic E-state index is 9.13. The molecule has 0 amide bonds. The lowest BCUT2D eigenvalue weighted by atomic mass is 10.4. The summed E-state index contributed by atoms with van der Waals surface area (Å²) in [5.41, 5.74) is 0. The van der Waals surface area contributed by atoms with E-state index in [1.54, 1.807) is 18.0 Å². The van der Waals surface area contributed by atoms with Gasteiger partial charge in [-0.2, -0.15) is 0 Å². The molecule has 1 aromatic rings. The molecule has 0 spiro atoms. The van der Waals surface area contributed by atoms with Gasteiger partial charge in [0.15, 0.2) is 0 Å². The highest BCUT2D eigenvalue weighted by molar-refractivity contribution is 6.29. The van der Waals surface area contributed by atoms with Gasteiger partial charge in [-0.05, 0) is 6.92 Å². The zero-order valence-corrected chi connectivity index (χ0v) is 8.36. The number of nitrogens with zero attached hydrogens (tertiary/aromatic N) is 3. The topological polar surface area (TPSA) is 49.2 Å². The van der Waals surface area contributed by atoms with Crippen molar-refractivity contribution >= 4 is 17.4 Å². The van der Waals surface area contributed by atoms with Crippen LogP contribution in [-0.4, -0.2) is 34.8 Å². The van der Waals surface area contributed by atoms with Gasteiger partial charge in [-0.3, -0.25) is 4.98 Å². The quantitative estimate of drug-likeness (QED) is 0.791. The Morgan fingerprint density at radius 1 is 1.62 bits per heavy atom. The summed E-state index contributed by atoms with van der Waals surface area (Å²) in [5, 5.41) is 9.49. The first-order valence-electron chi connectivity index (χ1n) is 3.96. The van der Waals surface area contributed by atoms with Crippen LogP contribution >= 0.6 is 11.6 Å². The highest BCUT2D eigenvalue weighted by Gasteiger charge is 2.05. The number of hydrogen-bond acceptors (Lipinski definition) is 4. The summed E-state index contributed by atoms with van der Waals surface area (Å²) < 4.78 is 0. The Morgan fingerprint density at radius 2 is 2.31 bits per heavy atom. The van der Waals surface area contributed by atoms with Crippen LogP contribution < -0.4 is 4.90 Å². The molecule has 1 N–H and O–H groups in total. The molecular weight excluding hydrogens is 190 g/mol. The summed E-state index contributed by atoms with van der Waals surface area (Å²) in [6, 6.07) is 0. The van der Waals surface area contributed by atoms with Gasteiger partial charge in [-0.1, -0.05) is 11.6 Å². The zero-order valence-electron chi connectivity index (χ0n) is 7.61. The zero-order chi connectivity index (χ0) is 9.84. The number of aromatic nitrogens is 2. The molecule has 0 aliphatic rings. The highest BCUT2D eigenvalue weighted by Crippen LogP contribution is 2.10. The van der Waals surface area contributed by atoms with Gasteiger partial charge < -0.3 is 10.0 Å². The van der Waals surface area contributed by atoms with E-state index < -0.39 is 6.10 Å². The molecule has 0 radical (unpaired) electrons. The third-order valence-corrected chi connectivity index (χ3v) is 1.70. The lowest BCUT2D eigenvalue weighted by Crippen LogP contribution is -2.27. The van der Waals surface area contributed by atoms with E-state index in [0.29, 0.717) is 17.5 Å². The van der Waals surface area contributed by atoms with E-state index in [0.717, 1.165) is 0 Å². The van der Waals surface area contributed by atoms with Crippen molar-refractivity contribution in [1.29, 1.82) is 0 Å². The van der Waals surface area contributed by atoms with Crippen LogP contribution in [0.4, 0.5) is 5.82 Å². The SMILES string of the molecule is CC(O)CN(C)c1cncc(Cl)n1. The molecule has 0 bridgehead atoms. The molecule has 1 heterocycles. The van der Waals surface area contributed by atoms with Crippen LogP contribution in [0.1, 0.15) is 6.92 Å². The van der Waals surface area contributed by atoms with E-state index in [4.69, 9.17) is 16.7 Å². The first-order chi connectivity index (χ1) is 6.09. The van der Waals surface area contributed by atoms with Crippen LogP contribution in [0.15, 0.2) is 12.4 Å². The van der Waals surface area contributed by atoms with Crippen LogP contribution in [0.5, 0.6) is 0 Å². The number of likely N-dealkylation sites (N-methyl/N-ethyl adjacent to an activating group) is 1. The fourth-order valence-corrected chi connectivity index (χ4v) is 1.15. The fourth-order valence-electron chi connectivity index (χ4n) is 1.01. The minimum Gasteiger partial charge on any atom is -0.392 e. The third kappa shape index (κ3) is 3.16. The summed E-state index contributed by atoms with van der Waals surface area (Å²) in [7, 11) is 1.83. The first-order valence-corrected chi connectivity index (χ1v) is 4.34. The number of anilines is 1. The molecule has 0 saturated heterocycles. The molecule has 5 heteroatoms. The summed E-state index contributed by atoms with van der Waals surface area (Å²) in [4.78, 5) is 9.73. The van der Waals surface area contributed by atoms with E-state index >= 15 is 0 Å². The van der Waals surface area contributed by atoms with E-state index in [9.17, 15) is 0 Å². The molecule has 1 unspecified atom stereocenters. The van der Waals surface area contributed by atoms with Gasteiger partial charge in [0.1, 0.15) is 11.0 Å². The highest BCUT2D eigenvalue weighted by atomic mass is 35.5. The summed E-state index contributed by atoms with van der Waals surface area (Å²) in [5.74, 6) is 0.661. The second kappa shape index (κ2) is 4.39. The Labute approximate surface area is 82.2 Å². The van der Waals surface area contributed by atoms with Gasteiger partial charge in [0.05, 0.1) is 18.5 Å². The minimum atomic E-state index is -0.397. The van der Waals surface area contributed by atoms with Crippen molar-refractivity contribution in [3.63, 3.8) is 0 Å². The maximum Gasteiger partial charge on any atom is 0.149 e. The smallest absolute Gasteiger partial charge is 0.149 e. The molecule has 4 nitrogen and oxygen atoms in total. The van der Waals surface area contributed by atoms with Crippen LogP contribution in [0.2, 0.25) is 5.15 Å². The minimum absolute atomic E-state index is 0.356. The Kier molecular flexibility index (Phi) is 3.45. The number of aliphatic hydroxyl groups is 1. The van der Waals surface area contributed by atoms with Crippen molar-refractivity contribution in [1.82, 2.24) is 9.97 Å². The van der Waals surface area contributed by atoms with Crippen molar-refractivity contribution in [2.75, 3.05) is 18.5 Å². The van der Waals surface area contributed by atoms with Gasteiger partial charge in [0.2, 0.25) is 0 Å². The Bertz CT molecular complexity index is 280. The van der Waals surface area contributed by atoms with Crippen molar-refractivity contribution in [3.05, 3.63) is 17.5 Å². The number of rotatable bonds is 3. The molecule has 0 aliphatic heterocycles. The molecule has 1 atom stereocenters. The fraction of sp³-hybridized carbons (Fsp3) is 0.500. The number of halogens is 1. The predicted octanol–water partition coefficient (Wildman–Crippen LogP) is 0.947. The van der Waals surface area contributed by atoms with Crippen molar-refractivity contribution in [2.24, 2.45) is 0 Å². The van der Waals surface area contributed by atoms with Gasteiger partial charge >= 0.3 is 0 Å². The lowest BCUT2D eigenvalue weighted by molar-refractivity contribution is 0.201. The number of aliphatic hydroxyl groups excluding tert-OH is 1. The molecule has 1 aromatic heterocycles. The molecule has 13 heavy (non-hydrogen) atoms. The second-order valence-corrected chi connectivity index (χ2v) is 3.32. The Hall–Kier alpha value is -0.870. The Morgan fingerprint density at radius 3 is 2.85 bits per heavy atom. The molecule has 0 fully saturated rings. The van der Waals surface area contributed by atoms with E-state index in [1.807, 2.05) is 7.05 Å². The van der Waals surface area contributed by atoms with Crippen LogP contribution in [0, 0.1) is 0 Å². The molecule has 0 saturated carbocycles. The van der Waals surface area contributed by atoms with Gasteiger partial charge in [-0.15, -0.1) is 0 Å². The molecule has 1 rings (SSSR count). The Balaban J connectivity index is 2.71. The van der Waals surface area contributed by atoms with Gasteiger partial charge in [0, 0.05) is 13.6 Å². The molecular formula is C8H12ClN3O. The van der Waals surface area contributed by atoms with Gasteiger partial charge in [-0.25, -0.2) is 4.98 Å². The molecule has 72 valence electrons. The molecule has 0 aliphatic carbocycles. The van der Waals surface area contributed by atoms with Crippen LogP contribution in [0.3, 0.4) is 0 Å². The first kappa shape index (κ1) is 10.2. The normalized spacial score (nSPS) is 12.6. The average Bonchev–Trinajstić information content (AvgIpc) is 2.03. The van der Waals surface area contributed by atoms with Crippen molar-refractivity contribution < 1.29 is 5.11 Å². The molecule has 0 aromatic carbocycles. The summed E-state index contributed by atoms with van der Waals surface area (Å²) in [6.07, 6.45) is 2.68. The monoisotopic (exact) mass is 201 g/mol. The lowest BCUT2D eigenvalue weighted by Gasteiger charge is -2.18. The van der Waals surface area contributed by atoms with E-state index in [2.05, 4.69) is 9.97 Å². The standard InChI is InChI=1S/C8H12ClN3O/c1-6(13)5-12(2)8-4-10-3-7(9)11-8/h3-4,6,13H,5H2,1-2H3. The van der Waals surface area contributed by atoms with Crippen molar-refractivity contribution in [3.8, 4) is 0 Å². The van der Waals surface area contributed by atoms with Crippen LogP contribution in [-0.2, 0) is 0 Å². The van der Waals surface area contributed by atoms with Crippen LogP contribution in [0.25, 0.3) is 0 Å². The summed E-state index contributed by atoms with van der Waals surface area (Å²) >= 11 is 5.66. The summed E-state index contributed by atoms with van der Waals surface area (Å²) in [6.45, 7) is 2.23. The second-order valence-electron chi connectivity index (χ2n) is 2.93. The maximum absolute atomic E-state index is 9.13. The van der Waals surface area contributed by atoms with E-state index in [1.165, 1.54) is 6.20 Å². The third-order valence-electron chi connectivity index (χ3n) is 1.52. The van der Waals surface area contributed by atoms with E-state index in [-0.39, 0.29) is 0 Å². The van der Waals surface area contributed by atoms with Gasteiger partial charge in [0.25, 0.3) is 0 Å². The average molecular weight is 202 g/mol. The number of hydrogen-bond donors (Lipinski definition) is 1. The predicted molar refractivity (Wildman–Crippen MR) is 52.0 cm³/mol. The largest absolute Gasteiger partial charge is 0.392 e. The van der Waals surface area contributed by atoms with Crippen molar-refractivity contribution in [2.45, 2.75) is 13.0 Å².